The van der Waals surface area contributed by atoms with Gasteiger partial charge in [0, 0.05) is 44.7 Å². The summed E-state index contributed by atoms with van der Waals surface area (Å²) in [5.74, 6) is -0.941. The summed E-state index contributed by atoms with van der Waals surface area (Å²) in [5, 5.41) is 3.91. The number of nitrogens with zero attached hydrogens (tertiary/aromatic N) is 3. The topological polar surface area (TPSA) is 99.7 Å². The van der Waals surface area contributed by atoms with Crippen LogP contribution in [0.2, 0.25) is 5.02 Å². The van der Waals surface area contributed by atoms with Crippen molar-refractivity contribution in [1.82, 2.24) is 14.7 Å². The van der Waals surface area contributed by atoms with E-state index in [1.54, 1.807) is 35.0 Å². The molecule has 1 aliphatic heterocycles. The highest BCUT2D eigenvalue weighted by Gasteiger charge is 2.32. The molecule has 2 N–H and O–H groups in total. The van der Waals surface area contributed by atoms with Crippen LogP contribution in [0.1, 0.15) is 28.8 Å². The van der Waals surface area contributed by atoms with Gasteiger partial charge in [-0.1, -0.05) is 23.7 Å². The minimum atomic E-state index is -4.85. The first-order valence-electron chi connectivity index (χ1n) is 11.4. The number of benzene rings is 2. The molecule has 2 heterocycles. The quantitative estimate of drug-likeness (QED) is 0.484. The fourth-order valence-electron chi connectivity index (χ4n) is 4.13. The van der Waals surface area contributed by atoms with Crippen LogP contribution in [0.25, 0.3) is 11.1 Å². The van der Waals surface area contributed by atoms with E-state index in [-0.39, 0.29) is 29.0 Å². The zero-order chi connectivity index (χ0) is 26.7. The van der Waals surface area contributed by atoms with Crippen LogP contribution in [0.3, 0.4) is 0 Å². The Kier molecular flexibility index (Phi) is 7.63. The summed E-state index contributed by atoms with van der Waals surface area (Å²) in [6.07, 6.45) is -0.509. The summed E-state index contributed by atoms with van der Waals surface area (Å²) in [6.45, 7) is 0.846. The average Bonchev–Trinajstić information content (AvgIpc) is 3.27. The van der Waals surface area contributed by atoms with Crippen LogP contribution in [0, 0.1) is 0 Å². The molecule has 1 aliphatic rings. The Bertz CT molecular complexity index is 1300. The van der Waals surface area contributed by atoms with E-state index in [9.17, 15) is 22.8 Å². The Morgan fingerprint density at radius 2 is 1.81 bits per heavy atom. The summed E-state index contributed by atoms with van der Waals surface area (Å²) in [6, 6.07) is 8.96. The molecule has 8 nitrogen and oxygen atoms in total. The second-order valence-electron chi connectivity index (χ2n) is 8.67. The number of likely N-dealkylation sites (tertiary alicyclic amines) is 1. The number of aryl methyl sites for hydroxylation is 1. The number of ether oxygens (including phenoxy) is 2. The lowest BCUT2D eigenvalue weighted by atomic mass is 10.0. The molecule has 3 aromatic rings. The zero-order valence-corrected chi connectivity index (χ0v) is 20.6. The van der Waals surface area contributed by atoms with E-state index in [1.807, 2.05) is 12.3 Å². The molecule has 0 atom stereocenters. The lowest BCUT2D eigenvalue weighted by Crippen LogP contribution is -2.42. The molecule has 0 bridgehead atoms. The van der Waals surface area contributed by atoms with E-state index in [0.29, 0.717) is 37.2 Å². The number of aromatic nitrogens is 2. The molecule has 1 aromatic heterocycles. The fraction of sp³-hybridized carbons (Fsp3) is 0.320. The van der Waals surface area contributed by atoms with Gasteiger partial charge in [0.25, 0.3) is 5.91 Å². The van der Waals surface area contributed by atoms with Crippen molar-refractivity contribution in [2.75, 3.05) is 13.1 Å². The fourth-order valence-corrected chi connectivity index (χ4v) is 4.37. The zero-order valence-electron chi connectivity index (χ0n) is 19.8. The van der Waals surface area contributed by atoms with Crippen LogP contribution in [0.5, 0.6) is 11.5 Å². The minimum absolute atomic E-state index is 0.0147. The van der Waals surface area contributed by atoms with Crippen LogP contribution < -0.4 is 15.2 Å². The number of carbonyl (C=O) groups excluding carboxylic acids is 2. The summed E-state index contributed by atoms with van der Waals surface area (Å²) in [4.78, 5) is 26.5. The van der Waals surface area contributed by atoms with Gasteiger partial charge >= 0.3 is 6.36 Å². The number of hydrogen-bond acceptors (Lipinski definition) is 5. The van der Waals surface area contributed by atoms with Crippen molar-refractivity contribution in [3.05, 3.63) is 64.9 Å². The molecule has 4 rings (SSSR count). The first-order valence-corrected chi connectivity index (χ1v) is 11.8. The monoisotopic (exact) mass is 536 g/mol. The van der Waals surface area contributed by atoms with Gasteiger partial charge in [0.2, 0.25) is 5.91 Å². The van der Waals surface area contributed by atoms with Crippen LogP contribution in [-0.4, -0.2) is 52.1 Å². The Morgan fingerprint density at radius 3 is 2.41 bits per heavy atom. The van der Waals surface area contributed by atoms with E-state index in [1.165, 1.54) is 12.1 Å². The molecular formula is C25H24ClF3N4O4. The Hall–Kier alpha value is -3.73. The normalized spacial score (nSPS) is 14.5. The third-order valence-corrected chi connectivity index (χ3v) is 6.24. The van der Waals surface area contributed by atoms with Crippen molar-refractivity contribution in [2.45, 2.75) is 31.7 Å². The largest absolute Gasteiger partial charge is 0.573 e. The molecule has 1 saturated heterocycles. The number of rotatable bonds is 7. The van der Waals surface area contributed by atoms with Gasteiger partial charge in [0.15, 0.2) is 0 Å². The van der Waals surface area contributed by atoms with E-state index in [2.05, 4.69) is 9.84 Å². The van der Waals surface area contributed by atoms with Gasteiger partial charge in [-0.15, -0.1) is 13.2 Å². The number of amides is 2. The molecule has 1 fully saturated rings. The number of primary amides is 1. The highest BCUT2D eigenvalue weighted by atomic mass is 35.5. The van der Waals surface area contributed by atoms with E-state index in [0.717, 1.165) is 17.2 Å². The molecule has 2 aromatic carbocycles. The smallest absolute Gasteiger partial charge is 0.489 e. The lowest BCUT2D eigenvalue weighted by Gasteiger charge is -2.32. The highest BCUT2D eigenvalue weighted by molar-refractivity contribution is 6.32. The maximum Gasteiger partial charge on any atom is 0.573 e. The van der Waals surface area contributed by atoms with Gasteiger partial charge in [-0.05, 0) is 35.4 Å². The molecule has 0 spiro atoms. The van der Waals surface area contributed by atoms with Gasteiger partial charge in [0.05, 0.1) is 23.2 Å². The van der Waals surface area contributed by atoms with Gasteiger partial charge in [-0.2, -0.15) is 5.10 Å². The van der Waals surface area contributed by atoms with Crippen molar-refractivity contribution in [1.29, 1.82) is 0 Å². The third-order valence-electron chi connectivity index (χ3n) is 5.95. The maximum atomic E-state index is 12.7. The molecule has 2 amide bonds. The van der Waals surface area contributed by atoms with Crippen molar-refractivity contribution < 1.29 is 32.2 Å². The van der Waals surface area contributed by atoms with Gasteiger partial charge < -0.3 is 20.1 Å². The van der Waals surface area contributed by atoms with Gasteiger partial charge in [0.1, 0.15) is 17.6 Å². The molecule has 0 radical (unpaired) electrons. The molecule has 12 heteroatoms. The number of piperidine rings is 1. The highest BCUT2D eigenvalue weighted by Crippen LogP contribution is 2.32. The first kappa shape index (κ1) is 26.3. The van der Waals surface area contributed by atoms with Crippen molar-refractivity contribution in [3.8, 4) is 22.6 Å². The van der Waals surface area contributed by atoms with Crippen LogP contribution in [-0.2, 0) is 18.3 Å². The Balaban J connectivity index is 1.34. The second-order valence-corrected chi connectivity index (χ2v) is 9.07. The molecule has 37 heavy (non-hydrogen) atoms. The summed E-state index contributed by atoms with van der Waals surface area (Å²) < 4.78 is 48.8. The summed E-state index contributed by atoms with van der Waals surface area (Å²) in [5.41, 5.74) is 7.95. The average molecular weight is 537 g/mol. The van der Waals surface area contributed by atoms with E-state index >= 15 is 0 Å². The number of carbonyl (C=O) groups is 2. The molecule has 196 valence electrons. The predicted molar refractivity (Wildman–Crippen MR) is 129 cm³/mol. The minimum Gasteiger partial charge on any atom is -0.489 e. The van der Waals surface area contributed by atoms with Crippen LogP contribution >= 0.6 is 11.6 Å². The standard InChI is InChI=1S/C25H24ClF3N4O4/c1-32-14-17(13-31-32)16-3-5-21(19(12-16)24(30)35)36-18-6-8-33(9-7-18)23(34)11-15-2-4-22(20(26)10-15)37-25(27,28)29/h2-5,10,12-14,18H,6-9,11H2,1H3,(H2,30,35). The molecule has 0 aliphatic carbocycles. The second kappa shape index (κ2) is 10.7. The van der Waals surface area contributed by atoms with Crippen LogP contribution in [0.4, 0.5) is 13.2 Å². The van der Waals surface area contributed by atoms with Crippen molar-refractivity contribution in [2.24, 2.45) is 12.8 Å². The number of hydrogen-bond donors (Lipinski definition) is 1. The summed E-state index contributed by atoms with van der Waals surface area (Å²) >= 11 is 5.88. The SMILES string of the molecule is Cn1cc(-c2ccc(OC3CCN(C(=O)Cc4ccc(OC(F)(F)F)c(Cl)c4)CC3)c(C(N)=O)c2)cn1. The molecular weight excluding hydrogens is 513 g/mol. The molecule has 0 unspecified atom stereocenters. The number of halogens is 4. The van der Waals surface area contributed by atoms with Crippen molar-refractivity contribution in [3.63, 3.8) is 0 Å². The Labute approximate surface area is 215 Å². The van der Waals surface area contributed by atoms with Crippen LogP contribution in [0.15, 0.2) is 48.8 Å². The summed E-state index contributed by atoms with van der Waals surface area (Å²) in [7, 11) is 1.80. The lowest BCUT2D eigenvalue weighted by molar-refractivity contribution is -0.274. The predicted octanol–water partition coefficient (Wildman–Crippen LogP) is 4.35. The molecule has 0 saturated carbocycles. The first-order chi connectivity index (χ1) is 17.5. The Morgan fingerprint density at radius 1 is 1.11 bits per heavy atom. The van der Waals surface area contributed by atoms with E-state index in [4.69, 9.17) is 22.1 Å². The number of nitrogens with two attached hydrogens (primary N) is 1. The van der Waals surface area contributed by atoms with Gasteiger partial charge in [-0.25, -0.2) is 0 Å². The third kappa shape index (κ3) is 6.73. The number of alkyl halides is 3. The maximum absolute atomic E-state index is 12.7. The van der Waals surface area contributed by atoms with Crippen molar-refractivity contribution >= 4 is 23.4 Å². The van der Waals surface area contributed by atoms with E-state index < -0.39 is 18.0 Å². The van der Waals surface area contributed by atoms with Gasteiger partial charge in [-0.3, -0.25) is 14.3 Å².